The maximum absolute atomic E-state index is 14.5. The molecule has 0 saturated carbocycles. The van der Waals surface area contributed by atoms with Crippen molar-refractivity contribution in [3.63, 3.8) is 0 Å². The van der Waals surface area contributed by atoms with Gasteiger partial charge in [0.05, 0.1) is 6.61 Å². The molecule has 0 aliphatic carbocycles. The third-order valence-electron chi connectivity index (χ3n) is 3.24. The molecule has 19 heavy (non-hydrogen) atoms. The van der Waals surface area contributed by atoms with E-state index in [1.54, 1.807) is 7.05 Å². The van der Waals surface area contributed by atoms with Crippen LogP contribution in [0.25, 0.3) is 0 Å². The normalized spacial score (nSPS) is 34.5. The second-order valence-corrected chi connectivity index (χ2v) is 4.56. The lowest BCUT2D eigenvalue weighted by atomic mass is 9.98. The second kappa shape index (κ2) is 4.87. The van der Waals surface area contributed by atoms with Gasteiger partial charge in [-0.3, -0.25) is 4.57 Å². The molecular formula is C11H16FN3O4. The Kier molecular flexibility index (Phi) is 3.57. The molecule has 1 saturated heterocycles. The van der Waals surface area contributed by atoms with E-state index in [2.05, 4.69) is 10.3 Å². The van der Waals surface area contributed by atoms with Crippen LogP contribution < -0.4 is 11.0 Å². The number of aromatic nitrogens is 2. The molecule has 1 aromatic rings. The molecule has 1 fully saturated rings. The molecular weight excluding hydrogens is 257 g/mol. The number of hydrogen-bond donors (Lipinski definition) is 3. The standard InChI is InChI=1S/C11H16FN3O4/c1-11(12)8(17)6(5-16)19-9(11)15-4-3-7(13-2)14-10(15)18/h3-4,6,8-9,16-17H,5H2,1-2H3,(H,13,14,18)/t6-,8-,9-,11-/m1/s1. The van der Waals surface area contributed by atoms with E-state index in [0.29, 0.717) is 5.82 Å². The Bertz CT molecular complexity index is 519. The maximum Gasteiger partial charge on any atom is 0.351 e. The van der Waals surface area contributed by atoms with Crippen molar-refractivity contribution in [2.45, 2.75) is 31.0 Å². The van der Waals surface area contributed by atoms with Gasteiger partial charge in [0.2, 0.25) is 0 Å². The molecule has 0 spiro atoms. The van der Waals surface area contributed by atoms with Gasteiger partial charge >= 0.3 is 5.69 Å². The average molecular weight is 273 g/mol. The van der Waals surface area contributed by atoms with Gasteiger partial charge in [-0.25, -0.2) is 9.18 Å². The minimum absolute atomic E-state index is 0.346. The Morgan fingerprint density at radius 1 is 1.68 bits per heavy atom. The highest BCUT2D eigenvalue weighted by Crippen LogP contribution is 2.40. The summed E-state index contributed by atoms with van der Waals surface area (Å²) in [6.07, 6.45) is -2.59. The first kappa shape index (κ1) is 13.9. The SMILES string of the molecule is CNc1ccn([C@@H]2O[C@H](CO)[C@@H](O)[C@@]2(C)F)c(=O)n1. The molecule has 1 aliphatic rings. The van der Waals surface area contributed by atoms with Crippen molar-refractivity contribution < 1.29 is 19.3 Å². The van der Waals surface area contributed by atoms with E-state index in [4.69, 9.17) is 9.84 Å². The number of aliphatic hydroxyl groups excluding tert-OH is 2. The summed E-state index contributed by atoms with van der Waals surface area (Å²) in [4.78, 5) is 15.5. The number of alkyl halides is 1. The first-order valence-electron chi connectivity index (χ1n) is 5.82. The lowest BCUT2D eigenvalue weighted by Crippen LogP contribution is -2.42. The highest BCUT2D eigenvalue weighted by molar-refractivity contribution is 5.30. The van der Waals surface area contributed by atoms with Gasteiger partial charge in [0, 0.05) is 13.2 Å². The summed E-state index contributed by atoms with van der Waals surface area (Å²) < 4.78 is 20.6. The van der Waals surface area contributed by atoms with Crippen molar-refractivity contribution in [1.82, 2.24) is 9.55 Å². The van der Waals surface area contributed by atoms with Gasteiger partial charge in [-0.15, -0.1) is 0 Å². The maximum atomic E-state index is 14.5. The van der Waals surface area contributed by atoms with Crippen LogP contribution in [-0.4, -0.2) is 51.3 Å². The summed E-state index contributed by atoms with van der Waals surface area (Å²) in [6.45, 7) is 0.588. The molecule has 8 heteroatoms. The van der Waals surface area contributed by atoms with Crippen LogP contribution in [0, 0.1) is 0 Å². The Labute approximate surface area is 108 Å². The van der Waals surface area contributed by atoms with Gasteiger partial charge in [-0.1, -0.05) is 0 Å². The van der Waals surface area contributed by atoms with Crippen molar-refractivity contribution >= 4 is 5.82 Å². The van der Waals surface area contributed by atoms with E-state index >= 15 is 0 Å². The van der Waals surface area contributed by atoms with E-state index in [9.17, 15) is 14.3 Å². The number of nitrogens with zero attached hydrogens (tertiary/aromatic N) is 2. The van der Waals surface area contributed by atoms with Gasteiger partial charge in [0.1, 0.15) is 18.0 Å². The first-order valence-corrected chi connectivity index (χ1v) is 5.82. The summed E-state index contributed by atoms with van der Waals surface area (Å²) >= 11 is 0. The number of nitrogens with one attached hydrogen (secondary N) is 1. The number of anilines is 1. The molecule has 0 unspecified atom stereocenters. The second-order valence-electron chi connectivity index (χ2n) is 4.56. The monoisotopic (exact) mass is 273 g/mol. The highest BCUT2D eigenvalue weighted by atomic mass is 19.1. The molecule has 4 atom stereocenters. The molecule has 0 aromatic carbocycles. The molecule has 0 radical (unpaired) electrons. The Balaban J connectivity index is 2.39. The van der Waals surface area contributed by atoms with E-state index in [1.807, 2.05) is 0 Å². The van der Waals surface area contributed by atoms with Crippen LogP contribution in [0.2, 0.25) is 0 Å². The number of hydrogen-bond acceptors (Lipinski definition) is 6. The van der Waals surface area contributed by atoms with Crippen molar-refractivity contribution in [2.24, 2.45) is 0 Å². The number of aliphatic hydroxyl groups is 2. The van der Waals surface area contributed by atoms with Crippen LogP contribution >= 0.6 is 0 Å². The zero-order valence-electron chi connectivity index (χ0n) is 10.6. The Morgan fingerprint density at radius 2 is 2.37 bits per heavy atom. The van der Waals surface area contributed by atoms with Gasteiger partial charge in [-0.05, 0) is 13.0 Å². The van der Waals surface area contributed by atoms with Gasteiger partial charge in [-0.2, -0.15) is 4.98 Å². The number of ether oxygens (including phenoxy) is 1. The summed E-state index contributed by atoms with van der Waals surface area (Å²) in [5, 5.41) is 21.4. The minimum Gasteiger partial charge on any atom is -0.394 e. The molecule has 3 N–H and O–H groups in total. The van der Waals surface area contributed by atoms with Crippen LogP contribution in [0.1, 0.15) is 13.2 Å². The van der Waals surface area contributed by atoms with Crippen LogP contribution in [0.15, 0.2) is 17.1 Å². The quantitative estimate of drug-likeness (QED) is 0.671. The molecule has 0 amide bonds. The van der Waals surface area contributed by atoms with Gasteiger partial charge in [0.25, 0.3) is 0 Å². The molecule has 106 valence electrons. The largest absolute Gasteiger partial charge is 0.394 e. The topological polar surface area (TPSA) is 96.6 Å². The molecule has 2 rings (SSSR count). The molecule has 1 aliphatic heterocycles. The number of halogens is 1. The summed E-state index contributed by atoms with van der Waals surface area (Å²) in [5.74, 6) is 0.346. The molecule has 1 aromatic heterocycles. The molecule has 0 bridgehead atoms. The predicted molar refractivity (Wildman–Crippen MR) is 64.6 cm³/mol. The van der Waals surface area contributed by atoms with Crippen molar-refractivity contribution in [3.05, 3.63) is 22.7 Å². The Morgan fingerprint density at radius 3 is 2.84 bits per heavy atom. The van der Waals surface area contributed by atoms with Crippen molar-refractivity contribution in [3.8, 4) is 0 Å². The van der Waals surface area contributed by atoms with Crippen LogP contribution in [-0.2, 0) is 4.74 Å². The van der Waals surface area contributed by atoms with Crippen molar-refractivity contribution in [2.75, 3.05) is 19.0 Å². The molecule has 2 heterocycles. The van der Waals surface area contributed by atoms with E-state index in [0.717, 1.165) is 11.5 Å². The van der Waals surface area contributed by atoms with Crippen LogP contribution in [0.4, 0.5) is 10.2 Å². The smallest absolute Gasteiger partial charge is 0.351 e. The number of rotatable bonds is 3. The van der Waals surface area contributed by atoms with Gasteiger partial charge < -0.3 is 20.3 Å². The van der Waals surface area contributed by atoms with Crippen LogP contribution in [0.5, 0.6) is 0 Å². The lowest BCUT2D eigenvalue weighted by Gasteiger charge is -2.24. The third kappa shape index (κ3) is 2.22. The summed E-state index contributed by atoms with van der Waals surface area (Å²) in [7, 11) is 1.60. The minimum atomic E-state index is -2.19. The van der Waals surface area contributed by atoms with E-state index in [1.165, 1.54) is 12.3 Å². The Hall–Kier alpha value is -1.51. The summed E-state index contributed by atoms with van der Waals surface area (Å²) in [5.41, 5.74) is -2.90. The van der Waals surface area contributed by atoms with Crippen LogP contribution in [0.3, 0.4) is 0 Å². The summed E-state index contributed by atoms with van der Waals surface area (Å²) in [6, 6.07) is 1.49. The average Bonchev–Trinajstić information content (AvgIpc) is 2.61. The van der Waals surface area contributed by atoms with Gasteiger partial charge in [0.15, 0.2) is 11.9 Å². The third-order valence-corrected chi connectivity index (χ3v) is 3.24. The van der Waals surface area contributed by atoms with Crippen molar-refractivity contribution in [1.29, 1.82) is 0 Å². The highest BCUT2D eigenvalue weighted by Gasteiger charge is 2.55. The van der Waals surface area contributed by atoms with E-state index < -0.39 is 36.4 Å². The zero-order chi connectivity index (χ0) is 14.2. The fourth-order valence-electron chi connectivity index (χ4n) is 2.09. The zero-order valence-corrected chi connectivity index (χ0v) is 10.6. The fourth-order valence-corrected chi connectivity index (χ4v) is 2.09. The lowest BCUT2D eigenvalue weighted by molar-refractivity contribution is -0.0610. The first-order chi connectivity index (χ1) is 8.91. The predicted octanol–water partition coefficient (Wildman–Crippen LogP) is -0.736. The molecule has 7 nitrogen and oxygen atoms in total. The van der Waals surface area contributed by atoms with E-state index in [-0.39, 0.29) is 0 Å². The fraction of sp³-hybridized carbons (Fsp3) is 0.636.